The highest BCUT2D eigenvalue weighted by molar-refractivity contribution is 7.92. The van der Waals surface area contributed by atoms with Crippen LogP contribution in [0.2, 0.25) is 0 Å². The number of ether oxygens (including phenoxy) is 1. The summed E-state index contributed by atoms with van der Waals surface area (Å²) in [5, 5.41) is -1.22. The van der Waals surface area contributed by atoms with E-state index in [1.54, 1.807) is 31.2 Å². The Morgan fingerprint density at radius 1 is 0.727 bits per heavy atom. The third kappa shape index (κ3) is 10.2. The maximum Gasteiger partial charge on any atom is 0.189 e. The zero-order valence-electron chi connectivity index (χ0n) is 26.9. The molecule has 0 aliphatic heterocycles. The van der Waals surface area contributed by atoms with Gasteiger partial charge in [0.15, 0.2) is 21.4 Å². The van der Waals surface area contributed by atoms with Gasteiger partial charge in [-0.05, 0) is 68.3 Å². The molecular formula is C37H51NO5S. The normalized spacial score (nSPS) is 14.6. The molecule has 2 aromatic carbocycles. The predicted molar refractivity (Wildman–Crippen MR) is 180 cm³/mol. The summed E-state index contributed by atoms with van der Waals surface area (Å²) in [7, 11) is -3.95. The van der Waals surface area contributed by atoms with Gasteiger partial charge in [-0.1, -0.05) is 103 Å². The number of hydrogen-bond donors (Lipinski definition) is 1. The van der Waals surface area contributed by atoms with Crippen LogP contribution in [-0.4, -0.2) is 31.8 Å². The van der Waals surface area contributed by atoms with E-state index in [4.69, 9.17) is 10.5 Å². The maximum absolute atomic E-state index is 13.4. The quantitative estimate of drug-likeness (QED) is 0.0900. The van der Waals surface area contributed by atoms with Crippen LogP contribution in [0.5, 0.6) is 5.75 Å². The van der Waals surface area contributed by atoms with Crippen molar-refractivity contribution in [2.75, 3.05) is 12.3 Å². The molecule has 1 aliphatic rings. The van der Waals surface area contributed by atoms with Gasteiger partial charge in [0, 0.05) is 22.4 Å². The van der Waals surface area contributed by atoms with E-state index in [0.717, 1.165) is 12.8 Å². The second kappa shape index (κ2) is 17.9. The number of Topliss-reactive ketones (excluding diaryl/α,β-unsaturated/α-hetero) is 1. The number of carbonyl (C=O) groups is 2. The van der Waals surface area contributed by atoms with Gasteiger partial charge in [0.25, 0.3) is 0 Å². The molecule has 7 heteroatoms. The molecule has 6 nitrogen and oxygen atoms in total. The summed E-state index contributed by atoms with van der Waals surface area (Å²) in [6.07, 6.45) is 19.5. The van der Waals surface area contributed by atoms with Crippen molar-refractivity contribution in [1.29, 1.82) is 0 Å². The molecule has 44 heavy (non-hydrogen) atoms. The summed E-state index contributed by atoms with van der Waals surface area (Å²) in [5.41, 5.74) is 7.04. The Labute approximate surface area is 265 Å². The lowest BCUT2D eigenvalue weighted by Gasteiger charge is -2.23. The van der Waals surface area contributed by atoms with Crippen molar-refractivity contribution in [2.24, 2.45) is 0 Å². The third-order valence-electron chi connectivity index (χ3n) is 8.46. The second-order valence-corrected chi connectivity index (χ2v) is 14.3. The summed E-state index contributed by atoms with van der Waals surface area (Å²) in [5.74, 6) is -0.147. The number of nitrogens with two attached hydrogens (primary N) is 1. The van der Waals surface area contributed by atoms with Crippen LogP contribution >= 0.6 is 0 Å². The monoisotopic (exact) mass is 621 g/mol. The van der Waals surface area contributed by atoms with Crippen molar-refractivity contribution in [3.63, 3.8) is 0 Å². The molecule has 3 rings (SSSR count). The van der Waals surface area contributed by atoms with E-state index in [-0.39, 0.29) is 27.4 Å². The highest BCUT2D eigenvalue weighted by atomic mass is 32.2. The molecule has 0 fully saturated rings. The fourth-order valence-electron chi connectivity index (χ4n) is 5.69. The zero-order valence-corrected chi connectivity index (χ0v) is 27.7. The first-order valence-corrected chi connectivity index (χ1v) is 18.1. The van der Waals surface area contributed by atoms with Gasteiger partial charge in [0.1, 0.15) is 5.75 Å². The molecule has 240 valence electrons. The van der Waals surface area contributed by atoms with Crippen molar-refractivity contribution in [3.8, 4) is 5.75 Å². The fourth-order valence-corrected chi connectivity index (χ4v) is 7.16. The summed E-state index contributed by atoms with van der Waals surface area (Å²) in [6.45, 7) is 5.90. The van der Waals surface area contributed by atoms with Crippen molar-refractivity contribution in [1.82, 2.24) is 0 Å². The van der Waals surface area contributed by atoms with Gasteiger partial charge < -0.3 is 10.5 Å². The van der Waals surface area contributed by atoms with E-state index < -0.39 is 20.9 Å². The van der Waals surface area contributed by atoms with E-state index >= 15 is 0 Å². The molecule has 1 unspecified atom stereocenters. The Morgan fingerprint density at radius 3 is 1.75 bits per heavy atom. The van der Waals surface area contributed by atoms with E-state index in [2.05, 4.69) is 6.92 Å². The molecule has 0 saturated heterocycles. The first-order chi connectivity index (χ1) is 21.2. The molecule has 0 saturated carbocycles. The number of hydrogen-bond acceptors (Lipinski definition) is 6. The standard InChI is InChI=1S/C37H51NO5S/c1-4-5-6-7-8-9-10-11-12-13-14-15-16-17-26-43-32-22-18-30(19-23-32)36-35(34(39)27-28(2)37(36)40)29(3)44(41,42)33-24-20-31(38)21-25-33/h18-25,27,29H,4-17,26,38H2,1-3H3. The zero-order chi connectivity index (χ0) is 32.0. The number of rotatable bonds is 20. The van der Waals surface area contributed by atoms with Crippen LogP contribution in [0.25, 0.3) is 5.57 Å². The van der Waals surface area contributed by atoms with Gasteiger partial charge in [-0.3, -0.25) is 9.59 Å². The van der Waals surface area contributed by atoms with Crippen molar-refractivity contribution < 1.29 is 22.7 Å². The topological polar surface area (TPSA) is 104 Å². The summed E-state index contributed by atoms with van der Waals surface area (Å²) >= 11 is 0. The minimum Gasteiger partial charge on any atom is -0.494 e. The van der Waals surface area contributed by atoms with Crippen LogP contribution in [0.3, 0.4) is 0 Å². The molecule has 1 aliphatic carbocycles. The summed E-state index contributed by atoms with van der Waals surface area (Å²) in [4.78, 5) is 26.5. The summed E-state index contributed by atoms with van der Waals surface area (Å²) < 4.78 is 32.8. The number of benzene rings is 2. The largest absolute Gasteiger partial charge is 0.494 e. The maximum atomic E-state index is 13.4. The van der Waals surface area contributed by atoms with E-state index in [0.29, 0.717) is 23.6 Å². The van der Waals surface area contributed by atoms with E-state index in [9.17, 15) is 18.0 Å². The predicted octanol–water partition coefficient (Wildman–Crippen LogP) is 8.84. The van der Waals surface area contributed by atoms with Gasteiger partial charge >= 0.3 is 0 Å². The lowest BCUT2D eigenvalue weighted by Crippen LogP contribution is -2.29. The Kier molecular flexibility index (Phi) is 14.4. The van der Waals surface area contributed by atoms with E-state index in [1.807, 2.05) is 0 Å². The number of allylic oxidation sites excluding steroid dienone is 3. The van der Waals surface area contributed by atoms with Gasteiger partial charge in [-0.15, -0.1) is 0 Å². The second-order valence-electron chi connectivity index (χ2n) is 12.0. The SMILES string of the molecule is CCCCCCCCCCCCCCCCOc1ccc(C2=C(C(C)S(=O)(=O)c3ccc(N)cc3)C(=O)C=C(C)C2=O)cc1. The van der Waals surface area contributed by atoms with Gasteiger partial charge in [-0.2, -0.15) is 0 Å². The molecule has 0 spiro atoms. The van der Waals surface area contributed by atoms with Crippen LogP contribution in [0.15, 0.2) is 70.6 Å². The van der Waals surface area contributed by atoms with Crippen LogP contribution < -0.4 is 10.5 Å². The molecule has 2 aromatic rings. The number of carbonyl (C=O) groups excluding carboxylic acids is 2. The molecule has 0 amide bonds. The molecular weight excluding hydrogens is 570 g/mol. The van der Waals surface area contributed by atoms with Crippen LogP contribution in [0.1, 0.15) is 116 Å². The average Bonchev–Trinajstić information content (AvgIpc) is 3.01. The highest BCUT2D eigenvalue weighted by Crippen LogP contribution is 2.34. The number of anilines is 1. The highest BCUT2D eigenvalue weighted by Gasteiger charge is 2.37. The Balaban J connectivity index is 1.50. The number of ketones is 2. The van der Waals surface area contributed by atoms with Crippen molar-refractivity contribution in [3.05, 3.63) is 71.3 Å². The smallest absolute Gasteiger partial charge is 0.189 e. The Bertz CT molecular complexity index is 1390. The van der Waals surface area contributed by atoms with Crippen LogP contribution in [0, 0.1) is 0 Å². The van der Waals surface area contributed by atoms with Crippen molar-refractivity contribution in [2.45, 2.75) is 121 Å². The minimum absolute atomic E-state index is 0.0199. The summed E-state index contributed by atoms with van der Waals surface area (Å²) in [6, 6.07) is 12.8. The number of sulfone groups is 1. The van der Waals surface area contributed by atoms with Crippen molar-refractivity contribution >= 4 is 32.7 Å². The minimum atomic E-state index is -3.95. The Hall–Kier alpha value is -3.19. The lowest BCUT2D eigenvalue weighted by molar-refractivity contribution is -0.114. The Morgan fingerprint density at radius 2 is 1.23 bits per heavy atom. The third-order valence-corrected chi connectivity index (χ3v) is 10.6. The molecule has 2 N–H and O–H groups in total. The first kappa shape index (κ1) is 35.3. The van der Waals surface area contributed by atoms with Crippen LogP contribution in [0.4, 0.5) is 5.69 Å². The average molecular weight is 622 g/mol. The first-order valence-electron chi connectivity index (χ1n) is 16.5. The van der Waals surface area contributed by atoms with Gasteiger partial charge in [-0.25, -0.2) is 8.42 Å². The number of unbranched alkanes of at least 4 members (excludes halogenated alkanes) is 13. The fraction of sp³-hybridized carbons (Fsp3) is 0.514. The molecule has 0 heterocycles. The molecule has 0 aromatic heterocycles. The molecule has 0 radical (unpaired) electrons. The molecule has 1 atom stereocenters. The lowest BCUT2D eigenvalue weighted by atomic mass is 9.84. The van der Waals surface area contributed by atoms with Gasteiger partial charge in [0.2, 0.25) is 0 Å². The molecule has 0 bridgehead atoms. The van der Waals surface area contributed by atoms with Crippen LogP contribution in [-0.2, 0) is 19.4 Å². The number of nitrogen functional groups attached to an aromatic ring is 1. The van der Waals surface area contributed by atoms with E-state index in [1.165, 1.54) is 114 Å². The van der Waals surface area contributed by atoms with Gasteiger partial charge in [0.05, 0.1) is 16.8 Å².